The Morgan fingerprint density at radius 2 is 2.20 bits per heavy atom. The van der Waals surface area contributed by atoms with Crippen LogP contribution in [0.4, 0.5) is 0 Å². The molecule has 0 unspecified atom stereocenters. The third-order valence-corrected chi connectivity index (χ3v) is 2.25. The Labute approximate surface area is 86.3 Å². The number of rotatable bonds is 1. The van der Waals surface area contributed by atoms with Crippen LogP contribution in [0.1, 0.15) is 25.5 Å². The van der Waals surface area contributed by atoms with Gasteiger partial charge in [0.15, 0.2) is 0 Å². The van der Waals surface area contributed by atoms with E-state index >= 15 is 0 Å². The Balaban J connectivity index is 2.96. The lowest BCUT2D eigenvalue weighted by atomic mass is 10.1. The van der Waals surface area contributed by atoms with Crippen molar-refractivity contribution in [3.8, 4) is 6.07 Å². The monoisotopic (exact) mass is 202 g/mol. The number of aromatic nitrogens is 1. The molecule has 4 nitrogen and oxygen atoms in total. The second-order valence-electron chi connectivity index (χ2n) is 3.61. The van der Waals surface area contributed by atoms with E-state index < -0.39 is 5.63 Å². The van der Waals surface area contributed by atoms with Gasteiger partial charge in [-0.2, -0.15) is 5.26 Å². The van der Waals surface area contributed by atoms with Crippen LogP contribution in [-0.4, -0.2) is 4.74 Å². The highest BCUT2D eigenvalue weighted by atomic mass is 16.5. The smallest absolute Gasteiger partial charge is 0.335 e. The van der Waals surface area contributed by atoms with Crippen LogP contribution in [0.5, 0.6) is 0 Å². The first-order chi connectivity index (χ1) is 7.15. The zero-order valence-electron chi connectivity index (χ0n) is 8.52. The molecule has 0 aliphatic carbocycles. The van der Waals surface area contributed by atoms with Crippen molar-refractivity contribution >= 4 is 10.9 Å². The summed E-state index contributed by atoms with van der Waals surface area (Å²) >= 11 is 0. The first-order valence-corrected chi connectivity index (χ1v) is 4.69. The van der Waals surface area contributed by atoms with Gasteiger partial charge in [0.1, 0.15) is 11.6 Å². The summed E-state index contributed by atoms with van der Waals surface area (Å²) in [5.74, 6) is 0. The number of hydrogen-bond acceptors (Lipinski definition) is 3. The van der Waals surface area contributed by atoms with Gasteiger partial charge in [-0.3, -0.25) is 0 Å². The van der Waals surface area contributed by atoms with Crippen LogP contribution in [0.25, 0.3) is 10.9 Å². The average molecular weight is 202 g/mol. The molecule has 0 aliphatic rings. The molecule has 0 atom stereocenters. The molecule has 0 N–H and O–H groups in total. The predicted molar refractivity (Wildman–Crippen MR) is 55.6 cm³/mol. The third kappa shape index (κ3) is 1.33. The standard InChI is InChI=1S/C11H10N2O2/c1-7(2)13-10-8(6-12)4-3-5-9(10)11(14)15-13/h3-5,7H,1-2H3. The molecule has 2 rings (SSSR count). The zero-order valence-corrected chi connectivity index (χ0v) is 8.52. The van der Waals surface area contributed by atoms with E-state index in [0.29, 0.717) is 16.5 Å². The van der Waals surface area contributed by atoms with Crippen LogP contribution in [0.15, 0.2) is 27.5 Å². The van der Waals surface area contributed by atoms with Crippen molar-refractivity contribution in [2.45, 2.75) is 19.9 Å². The first-order valence-electron chi connectivity index (χ1n) is 4.69. The molecule has 0 fully saturated rings. The largest absolute Gasteiger partial charge is 0.365 e. The first kappa shape index (κ1) is 9.53. The minimum absolute atomic E-state index is 0.0182. The highest BCUT2D eigenvalue weighted by Crippen LogP contribution is 2.19. The van der Waals surface area contributed by atoms with Gasteiger partial charge in [-0.05, 0) is 26.0 Å². The van der Waals surface area contributed by atoms with E-state index in [1.54, 1.807) is 18.2 Å². The molecule has 0 spiro atoms. The molecule has 0 bridgehead atoms. The Hall–Kier alpha value is -2.02. The maximum Gasteiger partial charge on any atom is 0.365 e. The summed E-state index contributed by atoms with van der Waals surface area (Å²) in [5, 5.41) is 9.40. The number of nitrogens with zero attached hydrogens (tertiary/aromatic N) is 2. The normalized spacial score (nSPS) is 10.8. The lowest BCUT2D eigenvalue weighted by Crippen LogP contribution is -2.00. The highest BCUT2D eigenvalue weighted by molar-refractivity contribution is 5.83. The molecule has 0 saturated carbocycles. The number of para-hydroxylation sites is 1. The maximum atomic E-state index is 11.5. The summed E-state index contributed by atoms with van der Waals surface area (Å²) in [4.78, 5) is 11.5. The van der Waals surface area contributed by atoms with E-state index in [-0.39, 0.29) is 6.04 Å². The van der Waals surface area contributed by atoms with Crippen LogP contribution in [0.2, 0.25) is 0 Å². The summed E-state index contributed by atoms with van der Waals surface area (Å²) in [6.07, 6.45) is 0. The van der Waals surface area contributed by atoms with Gasteiger partial charge in [0.25, 0.3) is 0 Å². The Morgan fingerprint density at radius 3 is 2.80 bits per heavy atom. The van der Waals surface area contributed by atoms with Gasteiger partial charge >= 0.3 is 5.63 Å². The summed E-state index contributed by atoms with van der Waals surface area (Å²) in [5.41, 5.74) is 0.655. The van der Waals surface area contributed by atoms with Gasteiger partial charge in [-0.15, -0.1) is 0 Å². The molecule has 0 aliphatic heterocycles. The zero-order chi connectivity index (χ0) is 11.0. The number of hydrogen-bond donors (Lipinski definition) is 0. The second kappa shape index (κ2) is 3.28. The van der Waals surface area contributed by atoms with E-state index in [2.05, 4.69) is 6.07 Å². The Kier molecular flexibility index (Phi) is 2.09. The lowest BCUT2D eigenvalue weighted by Gasteiger charge is -2.05. The van der Waals surface area contributed by atoms with Crippen molar-refractivity contribution in [1.82, 2.24) is 4.74 Å². The summed E-state index contributed by atoms with van der Waals surface area (Å²) in [7, 11) is 0. The number of nitriles is 1. The number of benzene rings is 1. The highest BCUT2D eigenvalue weighted by Gasteiger charge is 2.14. The van der Waals surface area contributed by atoms with Crippen LogP contribution in [0, 0.1) is 11.3 Å². The SMILES string of the molecule is CC(C)n1oc(=O)c2cccc(C#N)c21. The van der Waals surface area contributed by atoms with Crippen LogP contribution < -0.4 is 5.63 Å². The minimum Gasteiger partial charge on any atom is -0.335 e. The van der Waals surface area contributed by atoms with Crippen LogP contribution in [0.3, 0.4) is 0 Å². The second-order valence-corrected chi connectivity index (χ2v) is 3.61. The molecule has 76 valence electrons. The molecular weight excluding hydrogens is 192 g/mol. The fourth-order valence-electron chi connectivity index (χ4n) is 1.58. The van der Waals surface area contributed by atoms with Gasteiger partial charge in [0, 0.05) is 0 Å². The average Bonchev–Trinajstić information content (AvgIpc) is 2.56. The van der Waals surface area contributed by atoms with E-state index in [1.165, 1.54) is 4.74 Å². The van der Waals surface area contributed by atoms with E-state index in [4.69, 9.17) is 9.78 Å². The molecule has 0 saturated heterocycles. The fourth-order valence-corrected chi connectivity index (χ4v) is 1.58. The molecule has 1 heterocycles. The van der Waals surface area contributed by atoms with Crippen molar-refractivity contribution in [2.24, 2.45) is 0 Å². The van der Waals surface area contributed by atoms with Gasteiger partial charge in [0.2, 0.25) is 0 Å². The van der Waals surface area contributed by atoms with Crippen molar-refractivity contribution < 1.29 is 4.52 Å². The molecule has 1 aromatic heterocycles. The topological polar surface area (TPSA) is 58.9 Å². The van der Waals surface area contributed by atoms with Crippen molar-refractivity contribution in [2.75, 3.05) is 0 Å². The quantitative estimate of drug-likeness (QED) is 0.711. The summed E-state index contributed by atoms with van der Waals surface area (Å²) in [6.45, 7) is 3.80. The molecule has 0 radical (unpaired) electrons. The Morgan fingerprint density at radius 1 is 1.47 bits per heavy atom. The van der Waals surface area contributed by atoms with Crippen molar-refractivity contribution in [3.05, 3.63) is 34.2 Å². The molecule has 2 aromatic rings. The van der Waals surface area contributed by atoms with Crippen LogP contribution in [-0.2, 0) is 0 Å². The maximum absolute atomic E-state index is 11.5. The van der Waals surface area contributed by atoms with Gasteiger partial charge < -0.3 is 4.52 Å². The van der Waals surface area contributed by atoms with Gasteiger partial charge in [-0.25, -0.2) is 9.53 Å². The van der Waals surface area contributed by atoms with E-state index in [0.717, 1.165) is 0 Å². The third-order valence-electron chi connectivity index (χ3n) is 2.25. The minimum atomic E-state index is -0.393. The number of fused-ring (bicyclic) bond motifs is 1. The molecule has 15 heavy (non-hydrogen) atoms. The lowest BCUT2D eigenvalue weighted by molar-refractivity contribution is 0.234. The van der Waals surface area contributed by atoms with Crippen molar-refractivity contribution in [3.63, 3.8) is 0 Å². The van der Waals surface area contributed by atoms with E-state index in [9.17, 15) is 4.79 Å². The summed E-state index contributed by atoms with van der Waals surface area (Å²) < 4.78 is 6.56. The molecule has 1 aromatic carbocycles. The molecule has 4 heteroatoms. The van der Waals surface area contributed by atoms with Gasteiger partial charge in [-0.1, -0.05) is 6.07 Å². The van der Waals surface area contributed by atoms with Crippen molar-refractivity contribution in [1.29, 1.82) is 5.26 Å². The predicted octanol–water partition coefficient (Wildman–Crippen LogP) is 2.05. The Bertz CT molecular complexity index is 599. The molecular formula is C11H10N2O2. The summed E-state index contributed by atoms with van der Waals surface area (Å²) in [6, 6.07) is 7.10. The van der Waals surface area contributed by atoms with Gasteiger partial charge in [0.05, 0.1) is 17.0 Å². The fraction of sp³-hybridized carbons (Fsp3) is 0.273. The van der Waals surface area contributed by atoms with E-state index in [1.807, 2.05) is 13.8 Å². The van der Waals surface area contributed by atoms with Crippen LogP contribution >= 0.6 is 0 Å². The molecule has 0 amide bonds.